The molecule has 120 valence electrons. The maximum atomic E-state index is 12.1. The molecule has 0 bridgehead atoms. The second-order valence-corrected chi connectivity index (χ2v) is 5.58. The molecule has 1 N–H and O–H groups in total. The first-order valence-corrected chi connectivity index (χ1v) is 7.64. The summed E-state index contributed by atoms with van der Waals surface area (Å²) in [5, 5.41) is 2.93. The number of benzene rings is 2. The minimum atomic E-state index is -0.379. The number of carbonyl (C=O) groups is 2. The highest BCUT2D eigenvalue weighted by molar-refractivity contribution is 5.81. The Balaban J connectivity index is 2.10. The molecule has 4 nitrogen and oxygen atoms in total. The molecule has 23 heavy (non-hydrogen) atoms. The third kappa shape index (κ3) is 4.95. The van der Waals surface area contributed by atoms with Gasteiger partial charge >= 0.3 is 5.97 Å². The van der Waals surface area contributed by atoms with Crippen LogP contribution >= 0.6 is 0 Å². The van der Waals surface area contributed by atoms with Crippen molar-refractivity contribution in [2.24, 2.45) is 5.92 Å². The summed E-state index contributed by atoms with van der Waals surface area (Å²) in [5.41, 5.74) is 1.95. The van der Waals surface area contributed by atoms with Gasteiger partial charge in [0, 0.05) is 0 Å². The van der Waals surface area contributed by atoms with Gasteiger partial charge in [0.05, 0.1) is 12.0 Å². The molecular formula is C19H21NO3. The van der Waals surface area contributed by atoms with Gasteiger partial charge in [-0.25, -0.2) is 0 Å². The van der Waals surface area contributed by atoms with Crippen LogP contribution in [0.4, 0.5) is 0 Å². The minimum Gasteiger partial charge on any atom is -0.455 e. The Kier molecular flexibility index (Phi) is 5.92. The average Bonchev–Trinajstić information content (AvgIpc) is 2.59. The monoisotopic (exact) mass is 311 g/mol. The van der Waals surface area contributed by atoms with Gasteiger partial charge in [0.1, 0.15) is 0 Å². The van der Waals surface area contributed by atoms with Crippen molar-refractivity contribution in [1.82, 2.24) is 5.32 Å². The number of hydrogen-bond donors (Lipinski definition) is 1. The fourth-order valence-electron chi connectivity index (χ4n) is 2.16. The molecular weight excluding hydrogens is 290 g/mol. The van der Waals surface area contributed by atoms with Gasteiger partial charge < -0.3 is 10.1 Å². The Morgan fingerprint density at radius 1 is 0.913 bits per heavy atom. The number of rotatable bonds is 6. The van der Waals surface area contributed by atoms with Crippen LogP contribution in [-0.2, 0) is 14.3 Å². The van der Waals surface area contributed by atoms with E-state index in [1.165, 1.54) is 0 Å². The highest BCUT2D eigenvalue weighted by atomic mass is 16.5. The van der Waals surface area contributed by atoms with Crippen LogP contribution in [0.15, 0.2) is 60.7 Å². The lowest BCUT2D eigenvalue weighted by Crippen LogP contribution is -2.33. The molecule has 0 aromatic heterocycles. The van der Waals surface area contributed by atoms with E-state index in [4.69, 9.17) is 4.74 Å². The Morgan fingerprint density at radius 3 is 1.83 bits per heavy atom. The van der Waals surface area contributed by atoms with Crippen molar-refractivity contribution >= 4 is 11.9 Å². The Morgan fingerprint density at radius 2 is 1.39 bits per heavy atom. The summed E-state index contributed by atoms with van der Waals surface area (Å²) < 4.78 is 4.99. The first-order chi connectivity index (χ1) is 11.1. The molecule has 0 atom stereocenters. The van der Waals surface area contributed by atoms with E-state index in [9.17, 15) is 9.59 Å². The lowest BCUT2D eigenvalue weighted by molar-refractivity contribution is -0.151. The molecule has 0 spiro atoms. The van der Waals surface area contributed by atoms with Crippen LogP contribution in [0.1, 0.15) is 31.0 Å². The fourth-order valence-corrected chi connectivity index (χ4v) is 2.16. The van der Waals surface area contributed by atoms with Crippen molar-refractivity contribution < 1.29 is 14.3 Å². The van der Waals surface area contributed by atoms with Crippen molar-refractivity contribution in [3.8, 4) is 0 Å². The fraction of sp³-hybridized carbons (Fsp3) is 0.263. The van der Waals surface area contributed by atoms with Crippen LogP contribution in [0.25, 0.3) is 0 Å². The maximum Gasteiger partial charge on any atom is 0.308 e. The molecule has 0 unspecified atom stereocenters. The van der Waals surface area contributed by atoms with Crippen molar-refractivity contribution in [2.45, 2.75) is 19.9 Å². The number of carbonyl (C=O) groups excluding carboxylic acids is 2. The van der Waals surface area contributed by atoms with Crippen molar-refractivity contribution in [3.05, 3.63) is 71.8 Å². The number of hydrogen-bond acceptors (Lipinski definition) is 3. The lowest BCUT2D eigenvalue weighted by Gasteiger charge is -2.20. The van der Waals surface area contributed by atoms with E-state index in [2.05, 4.69) is 5.32 Å². The van der Waals surface area contributed by atoms with Gasteiger partial charge in [-0.2, -0.15) is 0 Å². The molecule has 0 radical (unpaired) electrons. The van der Waals surface area contributed by atoms with E-state index in [-0.39, 0.29) is 30.4 Å². The quantitative estimate of drug-likeness (QED) is 0.834. The van der Waals surface area contributed by atoms with E-state index in [0.717, 1.165) is 11.1 Å². The van der Waals surface area contributed by atoms with Gasteiger partial charge in [-0.3, -0.25) is 9.59 Å². The van der Waals surface area contributed by atoms with Gasteiger partial charge in [0.15, 0.2) is 6.61 Å². The Bertz CT molecular complexity index is 599. The molecule has 0 aliphatic heterocycles. The third-order valence-corrected chi connectivity index (χ3v) is 3.39. The van der Waals surface area contributed by atoms with Gasteiger partial charge in [0.2, 0.25) is 0 Å². The largest absolute Gasteiger partial charge is 0.455 e. The molecule has 0 aliphatic carbocycles. The van der Waals surface area contributed by atoms with Crippen LogP contribution in [0, 0.1) is 5.92 Å². The van der Waals surface area contributed by atoms with Crippen LogP contribution in [0.3, 0.4) is 0 Å². The van der Waals surface area contributed by atoms with Crippen LogP contribution in [0.5, 0.6) is 0 Å². The van der Waals surface area contributed by atoms with Gasteiger partial charge in [-0.1, -0.05) is 74.5 Å². The molecule has 1 amide bonds. The number of esters is 1. The second-order valence-electron chi connectivity index (χ2n) is 5.58. The van der Waals surface area contributed by atoms with Crippen molar-refractivity contribution in [3.63, 3.8) is 0 Å². The van der Waals surface area contributed by atoms with Crippen molar-refractivity contribution in [1.29, 1.82) is 0 Å². The minimum absolute atomic E-state index is 0.248. The summed E-state index contributed by atoms with van der Waals surface area (Å²) in [6.45, 7) is 3.20. The smallest absolute Gasteiger partial charge is 0.308 e. The molecule has 4 heteroatoms. The highest BCUT2D eigenvalue weighted by Gasteiger charge is 2.18. The molecule has 2 aromatic carbocycles. The predicted molar refractivity (Wildman–Crippen MR) is 88.7 cm³/mol. The SMILES string of the molecule is CC(C)C(=O)OCC(=O)NC(c1ccccc1)c1ccccc1. The zero-order valence-electron chi connectivity index (χ0n) is 13.4. The van der Waals surface area contributed by atoms with Crippen molar-refractivity contribution in [2.75, 3.05) is 6.61 Å². The topological polar surface area (TPSA) is 55.4 Å². The zero-order valence-corrected chi connectivity index (χ0v) is 13.4. The first kappa shape index (κ1) is 16.7. The standard InChI is InChI=1S/C19H21NO3/c1-14(2)19(22)23-13-17(21)20-18(15-9-5-3-6-10-15)16-11-7-4-8-12-16/h3-12,14,18H,13H2,1-2H3,(H,20,21). The molecule has 2 rings (SSSR count). The van der Waals surface area contributed by atoms with Crippen LogP contribution in [0.2, 0.25) is 0 Å². The summed E-state index contributed by atoms with van der Waals surface area (Å²) in [6, 6.07) is 19.1. The summed E-state index contributed by atoms with van der Waals surface area (Å²) in [7, 11) is 0. The van der Waals surface area contributed by atoms with E-state index < -0.39 is 0 Å². The molecule has 0 heterocycles. The normalized spacial score (nSPS) is 10.6. The first-order valence-electron chi connectivity index (χ1n) is 7.64. The molecule has 0 saturated heterocycles. The van der Waals surface area contributed by atoms with E-state index in [1.54, 1.807) is 13.8 Å². The summed E-state index contributed by atoms with van der Waals surface area (Å²) in [6.07, 6.45) is 0. The third-order valence-electron chi connectivity index (χ3n) is 3.39. The predicted octanol–water partition coefficient (Wildman–Crippen LogP) is 3.09. The number of amides is 1. The second kappa shape index (κ2) is 8.13. The van der Waals surface area contributed by atoms with Crippen LogP contribution in [-0.4, -0.2) is 18.5 Å². The van der Waals surface area contributed by atoms with Gasteiger partial charge in [0.25, 0.3) is 5.91 Å². The zero-order chi connectivity index (χ0) is 16.7. The Hall–Kier alpha value is -2.62. The summed E-state index contributed by atoms with van der Waals surface area (Å²) in [5.74, 6) is -0.949. The molecule has 0 fully saturated rings. The molecule has 0 aliphatic rings. The van der Waals surface area contributed by atoms with E-state index in [0.29, 0.717) is 0 Å². The van der Waals surface area contributed by atoms with Gasteiger partial charge in [-0.05, 0) is 11.1 Å². The molecule has 0 saturated carbocycles. The average molecular weight is 311 g/mol. The Labute approximate surface area is 136 Å². The van der Waals surface area contributed by atoms with Gasteiger partial charge in [-0.15, -0.1) is 0 Å². The highest BCUT2D eigenvalue weighted by Crippen LogP contribution is 2.21. The number of ether oxygens (including phenoxy) is 1. The van der Waals surface area contributed by atoms with E-state index in [1.807, 2.05) is 60.7 Å². The lowest BCUT2D eigenvalue weighted by atomic mass is 9.99. The maximum absolute atomic E-state index is 12.1. The molecule has 2 aromatic rings. The van der Waals surface area contributed by atoms with E-state index >= 15 is 0 Å². The number of nitrogens with one attached hydrogen (secondary N) is 1. The van der Waals surface area contributed by atoms with Crippen LogP contribution < -0.4 is 5.32 Å². The summed E-state index contributed by atoms with van der Waals surface area (Å²) >= 11 is 0. The summed E-state index contributed by atoms with van der Waals surface area (Å²) in [4.78, 5) is 23.6.